The Morgan fingerprint density at radius 2 is 2.14 bits per heavy atom. The molecule has 0 radical (unpaired) electrons. The van der Waals surface area contributed by atoms with Gasteiger partial charge < -0.3 is 5.32 Å². The molecule has 5 heteroatoms. The number of benzene rings is 1. The van der Waals surface area contributed by atoms with Crippen LogP contribution in [-0.2, 0) is 6.54 Å². The summed E-state index contributed by atoms with van der Waals surface area (Å²) in [5.41, 5.74) is 4.03. The van der Waals surface area contributed by atoms with Gasteiger partial charge in [-0.1, -0.05) is 29.8 Å². The van der Waals surface area contributed by atoms with Crippen molar-refractivity contribution in [1.29, 1.82) is 0 Å². The van der Waals surface area contributed by atoms with Gasteiger partial charge >= 0.3 is 0 Å². The van der Waals surface area contributed by atoms with Crippen LogP contribution in [0.5, 0.6) is 0 Å². The van der Waals surface area contributed by atoms with E-state index in [2.05, 4.69) is 22.3 Å². The fraction of sp³-hybridized carbons (Fsp3) is 0.250. The topological polar surface area (TPSA) is 42.2 Å². The van der Waals surface area contributed by atoms with E-state index in [1.807, 2.05) is 54.2 Å². The quantitative estimate of drug-likeness (QED) is 0.801. The molecule has 0 saturated carbocycles. The minimum absolute atomic E-state index is 0.175. The number of rotatable bonds is 4. The zero-order valence-corrected chi connectivity index (χ0v) is 12.8. The van der Waals surface area contributed by atoms with E-state index in [9.17, 15) is 0 Å². The summed E-state index contributed by atoms with van der Waals surface area (Å²) in [6.07, 6.45) is 3.88. The number of nitrogens with one attached hydrogen (secondary N) is 1. The van der Waals surface area contributed by atoms with Crippen LogP contribution in [0, 0.1) is 6.92 Å². The van der Waals surface area contributed by atoms with Crippen molar-refractivity contribution >= 4 is 17.2 Å². The fourth-order valence-corrected chi connectivity index (χ4v) is 2.63. The number of aromatic nitrogens is 3. The van der Waals surface area contributed by atoms with Gasteiger partial charge in [0.05, 0.1) is 5.69 Å². The Morgan fingerprint density at radius 3 is 2.95 bits per heavy atom. The first-order valence-corrected chi connectivity index (χ1v) is 7.30. The van der Waals surface area contributed by atoms with E-state index in [-0.39, 0.29) is 6.04 Å². The van der Waals surface area contributed by atoms with Crippen molar-refractivity contribution in [3.63, 3.8) is 0 Å². The first-order chi connectivity index (χ1) is 10.1. The molecule has 1 aromatic carbocycles. The van der Waals surface area contributed by atoms with E-state index < -0.39 is 0 Å². The van der Waals surface area contributed by atoms with Gasteiger partial charge in [0.25, 0.3) is 0 Å². The van der Waals surface area contributed by atoms with Crippen molar-refractivity contribution in [3.8, 4) is 0 Å². The second-order valence-corrected chi connectivity index (χ2v) is 5.58. The minimum Gasteiger partial charge on any atom is -0.306 e. The Labute approximate surface area is 128 Å². The summed E-state index contributed by atoms with van der Waals surface area (Å²) < 4.78 is 1.81. The molecule has 0 aliphatic rings. The molecule has 3 aromatic rings. The minimum atomic E-state index is 0.175. The maximum Gasteiger partial charge on any atom is 0.155 e. The van der Waals surface area contributed by atoms with Crippen LogP contribution in [0.25, 0.3) is 5.65 Å². The van der Waals surface area contributed by atoms with Crippen molar-refractivity contribution in [2.45, 2.75) is 26.4 Å². The Balaban J connectivity index is 1.72. The van der Waals surface area contributed by atoms with Crippen molar-refractivity contribution in [1.82, 2.24) is 19.9 Å². The Kier molecular flexibility index (Phi) is 3.90. The molecule has 108 valence electrons. The zero-order chi connectivity index (χ0) is 14.8. The molecule has 2 heterocycles. The molecule has 1 atom stereocenters. The van der Waals surface area contributed by atoms with Crippen LogP contribution in [0.4, 0.5) is 0 Å². The second kappa shape index (κ2) is 5.84. The molecule has 0 fully saturated rings. The van der Waals surface area contributed by atoms with Gasteiger partial charge in [0.1, 0.15) is 0 Å². The summed E-state index contributed by atoms with van der Waals surface area (Å²) in [5, 5.41) is 8.63. The lowest BCUT2D eigenvalue weighted by Gasteiger charge is -2.15. The van der Waals surface area contributed by atoms with E-state index in [0.29, 0.717) is 6.54 Å². The first-order valence-electron chi connectivity index (χ1n) is 6.92. The molecule has 4 nitrogen and oxygen atoms in total. The average molecular weight is 301 g/mol. The number of nitrogens with zero attached hydrogens (tertiary/aromatic N) is 3. The van der Waals surface area contributed by atoms with Gasteiger partial charge in [-0.25, -0.2) is 9.50 Å². The lowest BCUT2D eigenvalue weighted by atomic mass is 10.1. The van der Waals surface area contributed by atoms with Crippen molar-refractivity contribution < 1.29 is 0 Å². The molecular weight excluding hydrogens is 284 g/mol. The van der Waals surface area contributed by atoms with Gasteiger partial charge in [0.2, 0.25) is 0 Å². The number of hydrogen-bond donors (Lipinski definition) is 1. The van der Waals surface area contributed by atoms with Gasteiger partial charge in [-0.3, -0.25) is 0 Å². The normalized spacial score (nSPS) is 12.7. The van der Waals surface area contributed by atoms with Gasteiger partial charge in [0.15, 0.2) is 5.65 Å². The zero-order valence-electron chi connectivity index (χ0n) is 12.0. The summed E-state index contributed by atoms with van der Waals surface area (Å²) >= 11 is 6.22. The van der Waals surface area contributed by atoms with Crippen LogP contribution in [0.1, 0.15) is 29.8 Å². The van der Waals surface area contributed by atoms with E-state index in [1.165, 1.54) is 0 Å². The van der Waals surface area contributed by atoms with Crippen LogP contribution >= 0.6 is 11.6 Å². The molecule has 2 aromatic heterocycles. The monoisotopic (exact) mass is 300 g/mol. The summed E-state index contributed by atoms with van der Waals surface area (Å²) in [6.45, 7) is 4.78. The molecule has 21 heavy (non-hydrogen) atoms. The second-order valence-electron chi connectivity index (χ2n) is 5.17. The Bertz CT molecular complexity index is 766. The lowest BCUT2D eigenvalue weighted by Crippen LogP contribution is -2.18. The van der Waals surface area contributed by atoms with E-state index >= 15 is 0 Å². The molecule has 0 aliphatic carbocycles. The highest BCUT2D eigenvalue weighted by Crippen LogP contribution is 2.22. The van der Waals surface area contributed by atoms with Crippen LogP contribution in [-0.4, -0.2) is 14.6 Å². The summed E-state index contributed by atoms with van der Waals surface area (Å²) in [6, 6.07) is 10.0. The third-order valence-electron chi connectivity index (χ3n) is 3.47. The standard InChI is InChI=1S/C16H17ClN4/c1-11-7-16-19-9-13(10-21(16)20-11)8-18-12(2)14-5-3-4-6-15(14)17/h3-7,9-10,12,18H,8H2,1-2H3. The predicted octanol–water partition coefficient (Wildman–Crippen LogP) is 3.54. The molecule has 0 saturated heterocycles. The van der Waals surface area contributed by atoms with Gasteiger partial charge in [0, 0.05) is 41.6 Å². The molecule has 0 spiro atoms. The molecule has 1 N–H and O–H groups in total. The molecule has 0 bridgehead atoms. The maximum atomic E-state index is 6.22. The summed E-state index contributed by atoms with van der Waals surface area (Å²) in [7, 11) is 0. The molecule has 3 rings (SSSR count). The van der Waals surface area contributed by atoms with Gasteiger partial charge in [-0.05, 0) is 25.5 Å². The average Bonchev–Trinajstić information content (AvgIpc) is 2.84. The van der Waals surface area contributed by atoms with Crippen LogP contribution in [0.15, 0.2) is 42.7 Å². The number of hydrogen-bond acceptors (Lipinski definition) is 3. The maximum absolute atomic E-state index is 6.22. The van der Waals surface area contributed by atoms with E-state index in [1.54, 1.807) is 0 Å². The van der Waals surface area contributed by atoms with Crippen molar-refractivity contribution in [2.75, 3.05) is 0 Å². The number of aryl methyl sites for hydroxylation is 1. The first kappa shape index (κ1) is 14.0. The third kappa shape index (κ3) is 3.06. The summed E-state index contributed by atoms with van der Waals surface area (Å²) in [4.78, 5) is 4.40. The van der Waals surface area contributed by atoms with E-state index in [0.717, 1.165) is 27.5 Å². The SMILES string of the molecule is Cc1cc2ncc(CNC(C)c3ccccc3Cl)cn2n1. The van der Waals surface area contributed by atoms with Crippen LogP contribution in [0.3, 0.4) is 0 Å². The smallest absolute Gasteiger partial charge is 0.155 e. The lowest BCUT2D eigenvalue weighted by molar-refractivity contribution is 0.572. The number of halogens is 1. The largest absolute Gasteiger partial charge is 0.306 e. The van der Waals surface area contributed by atoms with Crippen molar-refractivity contribution in [2.24, 2.45) is 0 Å². The van der Waals surface area contributed by atoms with Gasteiger partial charge in [-0.15, -0.1) is 0 Å². The highest BCUT2D eigenvalue weighted by Gasteiger charge is 2.09. The third-order valence-corrected chi connectivity index (χ3v) is 3.82. The molecule has 0 aliphatic heterocycles. The molecule has 1 unspecified atom stereocenters. The van der Waals surface area contributed by atoms with Crippen LogP contribution < -0.4 is 5.32 Å². The molecular formula is C16H17ClN4. The summed E-state index contributed by atoms with van der Waals surface area (Å²) in [5.74, 6) is 0. The predicted molar refractivity (Wildman–Crippen MR) is 84.4 cm³/mol. The van der Waals surface area contributed by atoms with E-state index in [4.69, 9.17) is 11.6 Å². The highest BCUT2D eigenvalue weighted by atomic mass is 35.5. The Hall–Kier alpha value is -1.91. The highest BCUT2D eigenvalue weighted by molar-refractivity contribution is 6.31. The van der Waals surface area contributed by atoms with Crippen molar-refractivity contribution in [3.05, 3.63) is 64.6 Å². The number of fused-ring (bicyclic) bond motifs is 1. The fourth-order valence-electron chi connectivity index (χ4n) is 2.33. The van der Waals surface area contributed by atoms with Gasteiger partial charge in [-0.2, -0.15) is 5.10 Å². The van der Waals surface area contributed by atoms with Crippen LogP contribution in [0.2, 0.25) is 5.02 Å². The Morgan fingerprint density at radius 1 is 1.33 bits per heavy atom. The molecule has 0 amide bonds.